The highest BCUT2D eigenvalue weighted by atomic mass is 16.2. The van der Waals surface area contributed by atoms with E-state index in [0.717, 1.165) is 41.7 Å². The molecule has 1 aromatic carbocycles. The third-order valence-corrected chi connectivity index (χ3v) is 4.84. The second-order valence-corrected chi connectivity index (χ2v) is 6.84. The lowest BCUT2D eigenvalue weighted by atomic mass is 10.2. The van der Waals surface area contributed by atoms with Crippen molar-refractivity contribution in [3.8, 4) is 5.69 Å². The Hall–Kier alpha value is -3.42. The normalized spacial score (nSPS) is 14.2. The first-order valence-electron chi connectivity index (χ1n) is 9.30. The Morgan fingerprint density at radius 3 is 2.50 bits per heavy atom. The van der Waals surface area contributed by atoms with Gasteiger partial charge in [0.1, 0.15) is 5.82 Å². The summed E-state index contributed by atoms with van der Waals surface area (Å²) in [7, 11) is 0. The summed E-state index contributed by atoms with van der Waals surface area (Å²) >= 11 is 0. The molecule has 0 radical (unpaired) electrons. The van der Waals surface area contributed by atoms with Gasteiger partial charge in [0.25, 0.3) is 0 Å². The molecule has 1 N–H and O–H groups in total. The Kier molecular flexibility index (Phi) is 4.92. The molecule has 4 rings (SSSR count). The molecule has 144 valence electrons. The maximum atomic E-state index is 12.6. The minimum Gasteiger partial charge on any atom is -0.352 e. The van der Waals surface area contributed by atoms with Gasteiger partial charge in [-0.25, -0.2) is 14.8 Å². The molecule has 1 saturated heterocycles. The summed E-state index contributed by atoms with van der Waals surface area (Å²) in [6, 6.07) is 7.62. The van der Waals surface area contributed by atoms with Gasteiger partial charge in [-0.1, -0.05) is 0 Å². The molecule has 1 aliphatic heterocycles. The van der Waals surface area contributed by atoms with Gasteiger partial charge in [-0.05, 0) is 38.1 Å². The van der Waals surface area contributed by atoms with Crippen LogP contribution in [-0.4, -0.2) is 56.6 Å². The third-order valence-electron chi connectivity index (χ3n) is 4.84. The summed E-state index contributed by atoms with van der Waals surface area (Å²) in [6.45, 7) is 6.69. The van der Waals surface area contributed by atoms with Gasteiger partial charge in [-0.15, -0.1) is 0 Å². The lowest BCUT2D eigenvalue weighted by Crippen LogP contribution is -2.50. The largest absolute Gasteiger partial charge is 0.352 e. The number of hydrogen-bond acceptors (Lipinski definition) is 5. The Morgan fingerprint density at radius 1 is 1.07 bits per heavy atom. The van der Waals surface area contributed by atoms with Crippen LogP contribution in [-0.2, 0) is 0 Å². The molecule has 3 aromatic rings. The molecule has 8 nitrogen and oxygen atoms in total. The Bertz CT molecular complexity index is 945. The highest BCUT2D eigenvalue weighted by molar-refractivity contribution is 5.89. The summed E-state index contributed by atoms with van der Waals surface area (Å²) in [4.78, 5) is 29.7. The van der Waals surface area contributed by atoms with Crippen molar-refractivity contribution in [2.24, 2.45) is 0 Å². The first-order chi connectivity index (χ1) is 13.6. The van der Waals surface area contributed by atoms with Crippen molar-refractivity contribution in [3.05, 3.63) is 60.6 Å². The first-order valence-corrected chi connectivity index (χ1v) is 9.30. The van der Waals surface area contributed by atoms with Gasteiger partial charge in [0.05, 0.1) is 17.7 Å². The standard InChI is InChI=1S/C20H23N7O/c1-15-13-22-16(2)19(23-15)25-9-11-26(12-10-25)20(28)24-17-3-5-18(6-4-17)27-8-7-21-14-27/h3-8,13-14H,9-12H2,1-2H3,(H,24,28). The summed E-state index contributed by atoms with van der Waals surface area (Å²) < 4.78 is 1.92. The lowest BCUT2D eigenvalue weighted by Gasteiger charge is -2.35. The van der Waals surface area contributed by atoms with Gasteiger partial charge in [0.2, 0.25) is 0 Å². The molecule has 0 saturated carbocycles. The minimum atomic E-state index is -0.0814. The number of rotatable bonds is 3. The van der Waals surface area contributed by atoms with Crippen LogP contribution in [0, 0.1) is 13.8 Å². The molecule has 1 fully saturated rings. The number of nitrogens with zero attached hydrogens (tertiary/aromatic N) is 6. The van der Waals surface area contributed by atoms with E-state index in [2.05, 4.69) is 25.2 Å². The number of piperazine rings is 1. The number of nitrogens with one attached hydrogen (secondary N) is 1. The van der Waals surface area contributed by atoms with E-state index in [4.69, 9.17) is 0 Å². The number of aryl methyl sites for hydroxylation is 2. The van der Waals surface area contributed by atoms with Gasteiger partial charge in [-0.2, -0.15) is 0 Å². The summed E-state index contributed by atoms with van der Waals surface area (Å²) in [6.07, 6.45) is 7.14. The zero-order valence-electron chi connectivity index (χ0n) is 16.0. The number of urea groups is 1. The van der Waals surface area contributed by atoms with Crippen LogP contribution in [0.1, 0.15) is 11.4 Å². The Balaban J connectivity index is 1.34. The fraction of sp³-hybridized carbons (Fsp3) is 0.300. The number of amides is 2. The van der Waals surface area contributed by atoms with E-state index in [1.807, 2.05) is 53.8 Å². The second-order valence-electron chi connectivity index (χ2n) is 6.84. The third kappa shape index (κ3) is 3.80. The van der Waals surface area contributed by atoms with Gasteiger partial charge in [0, 0.05) is 56.1 Å². The summed E-state index contributed by atoms with van der Waals surface area (Å²) in [5.41, 5.74) is 3.59. The van der Waals surface area contributed by atoms with E-state index in [1.54, 1.807) is 18.7 Å². The molecule has 8 heteroatoms. The van der Waals surface area contributed by atoms with Gasteiger partial charge >= 0.3 is 6.03 Å². The molecule has 1 aliphatic rings. The van der Waals surface area contributed by atoms with E-state index in [9.17, 15) is 4.79 Å². The molecule has 2 aromatic heterocycles. The Labute approximate surface area is 163 Å². The molecule has 0 unspecified atom stereocenters. The van der Waals surface area contributed by atoms with Crippen LogP contribution >= 0.6 is 0 Å². The molecule has 28 heavy (non-hydrogen) atoms. The van der Waals surface area contributed by atoms with E-state index < -0.39 is 0 Å². The van der Waals surface area contributed by atoms with Crippen molar-refractivity contribution in [1.82, 2.24) is 24.4 Å². The van der Waals surface area contributed by atoms with Crippen molar-refractivity contribution in [1.29, 1.82) is 0 Å². The molecule has 0 aliphatic carbocycles. The number of benzene rings is 1. The number of imidazole rings is 1. The van der Waals surface area contributed by atoms with Crippen LogP contribution in [0.25, 0.3) is 5.69 Å². The molecular formula is C20H23N7O. The quantitative estimate of drug-likeness (QED) is 0.759. The van der Waals surface area contributed by atoms with Crippen LogP contribution in [0.2, 0.25) is 0 Å². The molecule has 0 bridgehead atoms. The van der Waals surface area contributed by atoms with Gasteiger partial charge in [-0.3, -0.25) is 4.98 Å². The maximum absolute atomic E-state index is 12.6. The van der Waals surface area contributed by atoms with Crippen molar-refractivity contribution < 1.29 is 4.79 Å². The average molecular weight is 377 g/mol. The van der Waals surface area contributed by atoms with Crippen LogP contribution < -0.4 is 10.2 Å². The smallest absolute Gasteiger partial charge is 0.321 e. The SMILES string of the molecule is Cc1cnc(C)c(N2CCN(C(=O)Nc3ccc(-n4ccnc4)cc3)CC2)n1. The monoisotopic (exact) mass is 377 g/mol. The maximum Gasteiger partial charge on any atom is 0.321 e. The molecule has 3 heterocycles. The fourth-order valence-corrected chi connectivity index (χ4v) is 3.28. The topological polar surface area (TPSA) is 79.2 Å². The minimum absolute atomic E-state index is 0.0814. The van der Waals surface area contributed by atoms with Crippen molar-refractivity contribution >= 4 is 17.5 Å². The van der Waals surface area contributed by atoms with E-state index in [0.29, 0.717) is 13.1 Å². The number of carbonyl (C=O) groups is 1. The zero-order chi connectivity index (χ0) is 19.5. The van der Waals surface area contributed by atoms with Crippen LogP contribution in [0.15, 0.2) is 49.2 Å². The lowest BCUT2D eigenvalue weighted by molar-refractivity contribution is 0.208. The predicted octanol–water partition coefficient (Wildman–Crippen LogP) is 2.63. The number of anilines is 2. The molecule has 0 atom stereocenters. The summed E-state index contributed by atoms with van der Waals surface area (Å²) in [5.74, 6) is 0.912. The molecular weight excluding hydrogens is 354 g/mol. The van der Waals surface area contributed by atoms with Crippen molar-refractivity contribution in [3.63, 3.8) is 0 Å². The van der Waals surface area contributed by atoms with E-state index in [-0.39, 0.29) is 6.03 Å². The number of carbonyl (C=O) groups excluding carboxylic acids is 1. The van der Waals surface area contributed by atoms with Crippen LogP contribution in [0.3, 0.4) is 0 Å². The fourth-order valence-electron chi connectivity index (χ4n) is 3.28. The predicted molar refractivity (Wildman–Crippen MR) is 108 cm³/mol. The van der Waals surface area contributed by atoms with Crippen LogP contribution in [0.5, 0.6) is 0 Å². The first kappa shape index (κ1) is 18.0. The van der Waals surface area contributed by atoms with Crippen molar-refractivity contribution in [2.45, 2.75) is 13.8 Å². The van der Waals surface area contributed by atoms with Gasteiger partial charge < -0.3 is 19.7 Å². The summed E-state index contributed by atoms with van der Waals surface area (Å²) in [5, 5.41) is 2.97. The zero-order valence-corrected chi connectivity index (χ0v) is 16.0. The number of hydrogen-bond donors (Lipinski definition) is 1. The molecule has 0 spiro atoms. The molecule has 2 amide bonds. The van der Waals surface area contributed by atoms with Crippen LogP contribution in [0.4, 0.5) is 16.3 Å². The van der Waals surface area contributed by atoms with E-state index in [1.165, 1.54) is 0 Å². The highest BCUT2D eigenvalue weighted by Gasteiger charge is 2.23. The second kappa shape index (κ2) is 7.67. The van der Waals surface area contributed by atoms with Crippen molar-refractivity contribution in [2.75, 3.05) is 36.4 Å². The van der Waals surface area contributed by atoms with Gasteiger partial charge in [0.15, 0.2) is 0 Å². The van der Waals surface area contributed by atoms with E-state index >= 15 is 0 Å². The highest BCUT2D eigenvalue weighted by Crippen LogP contribution is 2.18. The number of aromatic nitrogens is 4. The average Bonchev–Trinajstić information content (AvgIpc) is 3.25. The Morgan fingerprint density at radius 2 is 1.82 bits per heavy atom.